The van der Waals surface area contributed by atoms with Crippen LogP contribution in [-0.4, -0.2) is 87.7 Å². The molecule has 2 amide bonds. The van der Waals surface area contributed by atoms with Gasteiger partial charge in [-0.2, -0.15) is 0 Å². The summed E-state index contributed by atoms with van der Waals surface area (Å²) in [6.45, 7) is 1.37. The van der Waals surface area contributed by atoms with Gasteiger partial charge in [-0.1, -0.05) is 30.3 Å². The molecule has 0 radical (unpaired) electrons. The lowest BCUT2D eigenvalue weighted by molar-refractivity contribution is -0.270. The fraction of sp³-hybridized carbons (Fsp3) is 0.600. The standard InChI is InChI=1S/C20H30N2O8/c1-13(24)22(16-18(26)17(25)15(11-23)30-19(16)27)10-6-5-9-21-20(28)29-12-14-7-3-2-4-8-14/h2-4,7-8,15-19,23,25-27H,5-6,9-12H2,1H3,(H,21,28)/t15-,16-,17-,18-,19+/m1/s1. The van der Waals surface area contributed by atoms with Gasteiger partial charge in [0.15, 0.2) is 6.29 Å². The monoisotopic (exact) mass is 426 g/mol. The molecule has 1 saturated heterocycles. The van der Waals surface area contributed by atoms with Crippen molar-refractivity contribution < 1.29 is 39.5 Å². The van der Waals surface area contributed by atoms with Crippen molar-refractivity contribution in [2.45, 2.75) is 57.0 Å². The third-order valence-electron chi connectivity index (χ3n) is 4.94. The molecular weight excluding hydrogens is 396 g/mol. The second-order valence-corrected chi connectivity index (χ2v) is 7.13. The topological polar surface area (TPSA) is 149 Å². The number of nitrogens with one attached hydrogen (secondary N) is 1. The van der Waals surface area contributed by atoms with E-state index < -0.39 is 49.3 Å². The smallest absolute Gasteiger partial charge is 0.407 e. The highest BCUT2D eigenvalue weighted by Crippen LogP contribution is 2.24. The molecule has 0 unspecified atom stereocenters. The Morgan fingerprint density at radius 3 is 2.47 bits per heavy atom. The Kier molecular flexibility index (Phi) is 9.47. The number of hydrogen-bond donors (Lipinski definition) is 5. The second-order valence-electron chi connectivity index (χ2n) is 7.13. The summed E-state index contributed by atoms with van der Waals surface area (Å²) >= 11 is 0. The molecule has 5 N–H and O–H groups in total. The Hall–Kier alpha value is -2.24. The van der Waals surface area contributed by atoms with Crippen molar-refractivity contribution in [3.05, 3.63) is 35.9 Å². The summed E-state index contributed by atoms with van der Waals surface area (Å²) in [6.07, 6.45) is -5.15. The molecule has 1 fully saturated rings. The molecule has 1 aliphatic heterocycles. The number of nitrogens with zero attached hydrogens (tertiary/aromatic N) is 1. The van der Waals surface area contributed by atoms with Crippen LogP contribution in [0.3, 0.4) is 0 Å². The van der Waals surface area contributed by atoms with E-state index >= 15 is 0 Å². The molecule has 0 bridgehead atoms. The van der Waals surface area contributed by atoms with E-state index in [0.29, 0.717) is 19.4 Å². The summed E-state index contributed by atoms with van der Waals surface area (Å²) in [5.74, 6) is -0.411. The highest BCUT2D eigenvalue weighted by molar-refractivity contribution is 5.73. The average molecular weight is 426 g/mol. The molecule has 0 aliphatic carbocycles. The van der Waals surface area contributed by atoms with Gasteiger partial charge in [0.25, 0.3) is 0 Å². The highest BCUT2D eigenvalue weighted by atomic mass is 16.6. The highest BCUT2D eigenvalue weighted by Gasteiger charge is 2.46. The molecule has 30 heavy (non-hydrogen) atoms. The third-order valence-corrected chi connectivity index (χ3v) is 4.94. The first-order valence-corrected chi connectivity index (χ1v) is 9.87. The van der Waals surface area contributed by atoms with E-state index in [1.807, 2.05) is 30.3 Å². The average Bonchev–Trinajstić information content (AvgIpc) is 2.73. The van der Waals surface area contributed by atoms with E-state index in [0.717, 1.165) is 5.56 Å². The van der Waals surface area contributed by atoms with Gasteiger partial charge in [0.1, 0.15) is 31.0 Å². The molecule has 1 heterocycles. The summed E-state index contributed by atoms with van der Waals surface area (Å²) in [6, 6.07) is 8.11. The molecule has 2 rings (SSSR count). The van der Waals surface area contributed by atoms with E-state index in [2.05, 4.69) is 5.32 Å². The molecule has 10 heteroatoms. The van der Waals surface area contributed by atoms with Crippen LogP contribution in [0.5, 0.6) is 0 Å². The number of ether oxygens (including phenoxy) is 2. The molecule has 1 aromatic carbocycles. The van der Waals surface area contributed by atoms with Gasteiger partial charge in [0, 0.05) is 20.0 Å². The van der Waals surface area contributed by atoms with Gasteiger partial charge in [0.05, 0.1) is 6.61 Å². The number of unbranched alkanes of at least 4 members (excludes halogenated alkanes) is 1. The first-order chi connectivity index (χ1) is 14.3. The lowest BCUT2D eigenvalue weighted by Gasteiger charge is -2.44. The maximum Gasteiger partial charge on any atom is 0.407 e. The first kappa shape index (κ1) is 24.0. The molecule has 0 spiro atoms. The lowest BCUT2D eigenvalue weighted by Crippen LogP contribution is -2.65. The Morgan fingerprint density at radius 2 is 1.83 bits per heavy atom. The van der Waals surface area contributed by atoms with Crippen LogP contribution in [0.1, 0.15) is 25.3 Å². The zero-order chi connectivity index (χ0) is 22.1. The minimum Gasteiger partial charge on any atom is -0.445 e. The Morgan fingerprint density at radius 1 is 1.13 bits per heavy atom. The Balaban J connectivity index is 1.74. The molecule has 1 aromatic rings. The maximum absolute atomic E-state index is 12.0. The van der Waals surface area contributed by atoms with Gasteiger partial charge < -0.3 is 40.1 Å². The number of amides is 2. The van der Waals surface area contributed by atoms with E-state index in [4.69, 9.17) is 14.6 Å². The van der Waals surface area contributed by atoms with Gasteiger partial charge in [-0.05, 0) is 18.4 Å². The van der Waals surface area contributed by atoms with E-state index in [-0.39, 0.29) is 13.2 Å². The van der Waals surface area contributed by atoms with Crippen molar-refractivity contribution in [3.8, 4) is 0 Å². The summed E-state index contributed by atoms with van der Waals surface area (Å²) in [4.78, 5) is 25.0. The van der Waals surface area contributed by atoms with Gasteiger partial charge in [-0.3, -0.25) is 4.79 Å². The number of rotatable bonds is 9. The van der Waals surface area contributed by atoms with E-state index in [1.165, 1.54) is 11.8 Å². The normalized spacial score (nSPS) is 26.1. The van der Waals surface area contributed by atoms with Crippen LogP contribution in [0.25, 0.3) is 0 Å². The molecule has 0 aromatic heterocycles. The van der Waals surface area contributed by atoms with Gasteiger partial charge in [-0.25, -0.2) is 4.79 Å². The number of alkyl carbamates (subject to hydrolysis) is 1. The quantitative estimate of drug-likeness (QED) is 0.327. The number of carbonyl (C=O) groups is 2. The predicted molar refractivity (Wildman–Crippen MR) is 105 cm³/mol. The summed E-state index contributed by atoms with van der Waals surface area (Å²) in [7, 11) is 0. The molecular formula is C20H30N2O8. The zero-order valence-electron chi connectivity index (χ0n) is 16.9. The SMILES string of the molecule is CC(=O)N(CCCCNC(=O)OCc1ccccc1)[C@@H]1[C@@H](O)[C@H](O)[C@@H](CO)O[C@@H]1O. The number of benzene rings is 1. The molecule has 168 valence electrons. The molecule has 5 atom stereocenters. The fourth-order valence-electron chi connectivity index (χ4n) is 3.31. The summed E-state index contributed by atoms with van der Waals surface area (Å²) < 4.78 is 10.2. The van der Waals surface area contributed by atoms with Crippen LogP contribution in [0, 0.1) is 0 Å². The predicted octanol–water partition coefficient (Wildman–Crippen LogP) is -0.659. The van der Waals surface area contributed by atoms with Crippen LogP contribution >= 0.6 is 0 Å². The van der Waals surface area contributed by atoms with Crippen LogP contribution in [0.4, 0.5) is 4.79 Å². The van der Waals surface area contributed by atoms with Gasteiger partial charge >= 0.3 is 6.09 Å². The van der Waals surface area contributed by atoms with Crippen molar-refractivity contribution in [1.29, 1.82) is 0 Å². The zero-order valence-corrected chi connectivity index (χ0v) is 16.9. The van der Waals surface area contributed by atoms with Crippen molar-refractivity contribution in [2.75, 3.05) is 19.7 Å². The van der Waals surface area contributed by atoms with E-state index in [9.17, 15) is 24.9 Å². The van der Waals surface area contributed by atoms with Crippen LogP contribution in [0.2, 0.25) is 0 Å². The number of hydrogen-bond acceptors (Lipinski definition) is 8. The fourth-order valence-corrected chi connectivity index (χ4v) is 3.31. The van der Waals surface area contributed by atoms with Crippen molar-refractivity contribution in [1.82, 2.24) is 10.2 Å². The molecule has 0 saturated carbocycles. The van der Waals surface area contributed by atoms with E-state index in [1.54, 1.807) is 0 Å². The Labute approximate surface area is 175 Å². The third kappa shape index (κ3) is 6.64. The minimum absolute atomic E-state index is 0.166. The number of aliphatic hydroxyl groups is 4. The van der Waals surface area contributed by atoms with Crippen LogP contribution in [0.15, 0.2) is 30.3 Å². The minimum atomic E-state index is -1.55. The molecule has 1 aliphatic rings. The number of carbonyl (C=O) groups excluding carboxylic acids is 2. The van der Waals surface area contributed by atoms with Crippen molar-refractivity contribution in [3.63, 3.8) is 0 Å². The Bertz CT molecular complexity index is 674. The van der Waals surface area contributed by atoms with Crippen molar-refractivity contribution >= 4 is 12.0 Å². The van der Waals surface area contributed by atoms with Crippen LogP contribution in [-0.2, 0) is 20.9 Å². The summed E-state index contributed by atoms with van der Waals surface area (Å²) in [5.41, 5.74) is 0.877. The lowest BCUT2D eigenvalue weighted by atomic mass is 9.95. The first-order valence-electron chi connectivity index (χ1n) is 9.87. The van der Waals surface area contributed by atoms with Crippen molar-refractivity contribution in [2.24, 2.45) is 0 Å². The van der Waals surface area contributed by atoms with Gasteiger partial charge in [-0.15, -0.1) is 0 Å². The van der Waals surface area contributed by atoms with Gasteiger partial charge in [0.2, 0.25) is 5.91 Å². The van der Waals surface area contributed by atoms with Crippen LogP contribution < -0.4 is 5.32 Å². The maximum atomic E-state index is 12.0. The molecule has 10 nitrogen and oxygen atoms in total. The largest absolute Gasteiger partial charge is 0.445 e. The summed E-state index contributed by atoms with van der Waals surface area (Å²) in [5, 5.41) is 42.2. The second kappa shape index (κ2) is 11.8. The number of aliphatic hydroxyl groups excluding tert-OH is 4.